The highest BCUT2D eigenvalue weighted by molar-refractivity contribution is 9.10. The van der Waals surface area contributed by atoms with Crippen LogP contribution in [0.1, 0.15) is 17.2 Å². The van der Waals surface area contributed by atoms with E-state index in [-0.39, 0.29) is 5.91 Å². The molecule has 0 bridgehead atoms. The van der Waals surface area contributed by atoms with Crippen molar-refractivity contribution >= 4 is 27.5 Å². The number of rotatable bonds is 3. The van der Waals surface area contributed by atoms with Crippen molar-refractivity contribution in [3.8, 4) is 0 Å². The van der Waals surface area contributed by atoms with E-state index < -0.39 is 6.04 Å². The van der Waals surface area contributed by atoms with Gasteiger partial charge in [0.2, 0.25) is 5.91 Å². The molecule has 3 nitrogen and oxygen atoms in total. The number of halogens is 1. The van der Waals surface area contributed by atoms with Gasteiger partial charge in [0, 0.05) is 10.2 Å². The van der Waals surface area contributed by atoms with Gasteiger partial charge in [0.1, 0.15) is 6.04 Å². The van der Waals surface area contributed by atoms with Crippen LogP contribution in [0.4, 0.5) is 5.69 Å². The van der Waals surface area contributed by atoms with Crippen molar-refractivity contribution in [2.45, 2.75) is 13.0 Å². The summed E-state index contributed by atoms with van der Waals surface area (Å²) in [5.74, 6) is -0.217. The second kappa shape index (κ2) is 5.99. The second-order valence-electron chi connectivity index (χ2n) is 4.38. The Labute approximate surface area is 121 Å². The van der Waals surface area contributed by atoms with Crippen LogP contribution in [0.15, 0.2) is 53.0 Å². The van der Waals surface area contributed by atoms with Gasteiger partial charge in [-0.05, 0) is 36.8 Å². The number of carbonyl (C=O) groups is 1. The van der Waals surface area contributed by atoms with E-state index in [0.717, 1.165) is 21.3 Å². The summed E-state index contributed by atoms with van der Waals surface area (Å²) in [6.45, 7) is 2.00. The number of anilines is 1. The van der Waals surface area contributed by atoms with E-state index in [0.29, 0.717) is 0 Å². The molecular formula is C15H15BrN2O. The van der Waals surface area contributed by atoms with Gasteiger partial charge in [-0.2, -0.15) is 0 Å². The van der Waals surface area contributed by atoms with Crippen molar-refractivity contribution in [3.05, 3.63) is 64.1 Å². The summed E-state index contributed by atoms with van der Waals surface area (Å²) < 4.78 is 0.966. The van der Waals surface area contributed by atoms with Gasteiger partial charge in [-0.1, -0.05) is 45.8 Å². The quantitative estimate of drug-likeness (QED) is 0.911. The van der Waals surface area contributed by atoms with Crippen LogP contribution in [0.2, 0.25) is 0 Å². The van der Waals surface area contributed by atoms with Gasteiger partial charge in [-0.3, -0.25) is 4.79 Å². The SMILES string of the molecule is Cc1ccc(C(N)C(=O)Nc2ccc(Br)cc2)cc1. The first-order valence-corrected chi connectivity index (χ1v) is 6.74. The predicted molar refractivity (Wildman–Crippen MR) is 80.9 cm³/mol. The van der Waals surface area contributed by atoms with Crippen LogP contribution in [-0.4, -0.2) is 5.91 Å². The fourth-order valence-electron chi connectivity index (χ4n) is 1.68. The van der Waals surface area contributed by atoms with Gasteiger partial charge in [0.15, 0.2) is 0 Å². The van der Waals surface area contributed by atoms with Crippen LogP contribution in [0.5, 0.6) is 0 Å². The largest absolute Gasteiger partial charge is 0.324 e. The van der Waals surface area contributed by atoms with E-state index in [1.54, 1.807) is 0 Å². The van der Waals surface area contributed by atoms with E-state index >= 15 is 0 Å². The third-order valence-corrected chi connectivity index (χ3v) is 3.36. The second-order valence-corrected chi connectivity index (χ2v) is 5.30. The Morgan fingerprint density at radius 2 is 1.68 bits per heavy atom. The molecule has 0 aliphatic heterocycles. The fraction of sp³-hybridized carbons (Fsp3) is 0.133. The van der Waals surface area contributed by atoms with Crippen molar-refractivity contribution in [3.63, 3.8) is 0 Å². The van der Waals surface area contributed by atoms with Crippen molar-refractivity contribution in [2.75, 3.05) is 5.32 Å². The molecule has 2 aromatic rings. The molecule has 0 aliphatic rings. The zero-order chi connectivity index (χ0) is 13.8. The van der Waals surface area contributed by atoms with Crippen LogP contribution in [-0.2, 0) is 4.79 Å². The van der Waals surface area contributed by atoms with Crippen molar-refractivity contribution in [1.82, 2.24) is 0 Å². The number of benzene rings is 2. The minimum absolute atomic E-state index is 0.217. The highest BCUT2D eigenvalue weighted by Gasteiger charge is 2.15. The van der Waals surface area contributed by atoms with Gasteiger partial charge in [0.05, 0.1) is 0 Å². The molecule has 98 valence electrons. The third-order valence-electron chi connectivity index (χ3n) is 2.83. The van der Waals surface area contributed by atoms with Gasteiger partial charge >= 0.3 is 0 Å². The average Bonchev–Trinajstić information content (AvgIpc) is 2.41. The molecule has 0 saturated carbocycles. The number of hydrogen-bond donors (Lipinski definition) is 2. The molecule has 0 radical (unpaired) electrons. The van der Waals surface area contributed by atoms with Crippen LogP contribution < -0.4 is 11.1 Å². The molecule has 1 amide bonds. The number of aryl methyl sites for hydroxylation is 1. The van der Waals surface area contributed by atoms with E-state index in [4.69, 9.17) is 5.73 Å². The van der Waals surface area contributed by atoms with Crippen LogP contribution in [0.3, 0.4) is 0 Å². The molecule has 0 heterocycles. The molecule has 1 atom stereocenters. The standard InChI is InChI=1S/C15H15BrN2O/c1-10-2-4-11(5-3-10)14(17)15(19)18-13-8-6-12(16)7-9-13/h2-9,14H,17H2,1H3,(H,18,19). The highest BCUT2D eigenvalue weighted by Crippen LogP contribution is 2.17. The monoisotopic (exact) mass is 318 g/mol. The molecule has 4 heteroatoms. The lowest BCUT2D eigenvalue weighted by molar-refractivity contribution is -0.117. The fourth-order valence-corrected chi connectivity index (χ4v) is 1.94. The molecule has 0 spiro atoms. The lowest BCUT2D eigenvalue weighted by atomic mass is 10.1. The molecule has 0 saturated heterocycles. The van der Waals surface area contributed by atoms with Crippen LogP contribution in [0, 0.1) is 6.92 Å². The Morgan fingerprint density at radius 3 is 2.26 bits per heavy atom. The van der Waals surface area contributed by atoms with Gasteiger partial charge in [-0.25, -0.2) is 0 Å². The molecule has 0 fully saturated rings. The summed E-state index contributed by atoms with van der Waals surface area (Å²) in [5, 5.41) is 2.80. The molecule has 2 rings (SSSR count). The van der Waals surface area contributed by atoms with Gasteiger partial charge in [0.25, 0.3) is 0 Å². The summed E-state index contributed by atoms with van der Waals surface area (Å²) in [7, 11) is 0. The first-order chi connectivity index (χ1) is 9.06. The lowest BCUT2D eigenvalue weighted by Gasteiger charge is -2.13. The molecule has 2 aromatic carbocycles. The van der Waals surface area contributed by atoms with Gasteiger partial charge in [-0.15, -0.1) is 0 Å². The Kier molecular flexibility index (Phi) is 4.35. The minimum atomic E-state index is -0.663. The topological polar surface area (TPSA) is 55.1 Å². The normalized spacial score (nSPS) is 11.9. The van der Waals surface area contributed by atoms with E-state index in [9.17, 15) is 4.79 Å². The Bertz CT molecular complexity index is 564. The highest BCUT2D eigenvalue weighted by atomic mass is 79.9. The van der Waals surface area contributed by atoms with Crippen LogP contribution in [0.25, 0.3) is 0 Å². The number of hydrogen-bond acceptors (Lipinski definition) is 2. The first kappa shape index (κ1) is 13.8. The Balaban J connectivity index is 2.07. The van der Waals surface area contributed by atoms with E-state index in [2.05, 4.69) is 21.2 Å². The van der Waals surface area contributed by atoms with Crippen LogP contribution >= 0.6 is 15.9 Å². The maximum absolute atomic E-state index is 12.0. The molecule has 3 N–H and O–H groups in total. The maximum atomic E-state index is 12.0. The number of nitrogens with two attached hydrogens (primary N) is 1. The zero-order valence-corrected chi connectivity index (χ0v) is 12.1. The lowest BCUT2D eigenvalue weighted by Crippen LogP contribution is -2.27. The smallest absolute Gasteiger partial charge is 0.245 e. The summed E-state index contributed by atoms with van der Waals surface area (Å²) in [4.78, 5) is 12.0. The molecule has 1 unspecified atom stereocenters. The third kappa shape index (κ3) is 3.66. The average molecular weight is 319 g/mol. The Morgan fingerprint density at radius 1 is 1.11 bits per heavy atom. The molecule has 19 heavy (non-hydrogen) atoms. The summed E-state index contributed by atoms with van der Waals surface area (Å²) >= 11 is 3.35. The van der Waals surface area contributed by atoms with Gasteiger partial charge < -0.3 is 11.1 Å². The van der Waals surface area contributed by atoms with E-state index in [1.165, 1.54) is 0 Å². The maximum Gasteiger partial charge on any atom is 0.245 e. The first-order valence-electron chi connectivity index (χ1n) is 5.95. The summed E-state index contributed by atoms with van der Waals surface area (Å²) in [6.07, 6.45) is 0. The zero-order valence-electron chi connectivity index (χ0n) is 10.6. The predicted octanol–water partition coefficient (Wildman–Crippen LogP) is 3.40. The minimum Gasteiger partial charge on any atom is -0.324 e. The molecule has 0 aromatic heterocycles. The Hall–Kier alpha value is -1.65. The molecular weight excluding hydrogens is 304 g/mol. The van der Waals surface area contributed by atoms with Crippen molar-refractivity contribution in [1.29, 1.82) is 0 Å². The molecule has 0 aliphatic carbocycles. The number of carbonyl (C=O) groups excluding carboxylic acids is 1. The summed E-state index contributed by atoms with van der Waals surface area (Å²) in [6, 6.07) is 14.4. The van der Waals surface area contributed by atoms with Crippen molar-refractivity contribution in [2.24, 2.45) is 5.73 Å². The number of amides is 1. The van der Waals surface area contributed by atoms with Crippen molar-refractivity contribution < 1.29 is 4.79 Å². The number of nitrogens with one attached hydrogen (secondary N) is 1. The van der Waals surface area contributed by atoms with E-state index in [1.807, 2.05) is 55.5 Å². The summed E-state index contributed by atoms with van der Waals surface area (Å²) in [5.41, 5.74) is 8.63.